The summed E-state index contributed by atoms with van der Waals surface area (Å²) < 4.78 is 5.27. The highest BCUT2D eigenvalue weighted by Gasteiger charge is 2.28. The zero-order valence-electron chi connectivity index (χ0n) is 13.5. The van der Waals surface area contributed by atoms with Crippen molar-refractivity contribution in [1.82, 2.24) is 5.32 Å². The average molecular weight is 321 g/mol. The van der Waals surface area contributed by atoms with E-state index < -0.39 is 0 Å². The number of benzene rings is 2. The Hall–Kier alpha value is -2.82. The number of anilines is 1. The van der Waals surface area contributed by atoms with Gasteiger partial charge in [0.15, 0.2) is 13.1 Å². The number of ether oxygens (including phenoxy) is 1. The van der Waals surface area contributed by atoms with Gasteiger partial charge in [0, 0.05) is 11.6 Å². The van der Waals surface area contributed by atoms with E-state index in [0.29, 0.717) is 18.3 Å². The molecule has 0 atom stereocenters. The first kappa shape index (κ1) is 14.8. The van der Waals surface area contributed by atoms with Crippen LogP contribution in [0.15, 0.2) is 47.6 Å². The van der Waals surface area contributed by atoms with Crippen LogP contribution in [0.5, 0.6) is 0 Å². The molecule has 1 fully saturated rings. The van der Waals surface area contributed by atoms with Crippen molar-refractivity contribution in [1.29, 1.82) is 0 Å². The standard InChI is InChI=1S/C19H19N3O2/c1-13-7-10-16(19(23)21-15-8-9-15)18(22-12-24-11-20-22)17(13)14-5-3-2-4-6-14/h2-7,10-11,15H,8-9,12H2,1H3,(H,21,23). The minimum absolute atomic E-state index is 0.0493. The first-order valence-electron chi connectivity index (χ1n) is 8.15. The SMILES string of the molecule is Cc1ccc(C(=O)NC2CC2)c(N2COC=N2)c1-c1ccccc1. The number of aryl methyl sites for hydroxylation is 1. The number of nitrogens with one attached hydrogen (secondary N) is 1. The maximum absolute atomic E-state index is 12.7. The van der Waals surface area contributed by atoms with Gasteiger partial charge in [0.25, 0.3) is 5.91 Å². The number of amides is 1. The van der Waals surface area contributed by atoms with Crippen molar-refractivity contribution in [2.45, 2.75) is 25.8 Å². The van der Waals surface area contributed by atoms with Gasteiger partial charge in [0.2, 0.25) is 0 Å². The average Bonchev–Trinajstić information content (AvgIpc) is 3.25. The molecule has 1 aliphatic heterocycles. The largest absolute Gasteiger partial charge is 0.459 e. The molecule has 0 radical (unpaired) electrons. The fraction of sp³-hybridized carbons (Fsp3) is 0.263. The van der Waals surface area contributed by atoms with Crippen LogP contribution in [-0.2, 0) is 4.74 Å². The monoisotopic (exact) mass is 321 g/mol. The van der Waals surface area contributed by atoms with Crippen LogP contribution < -0.4 is 10.3 Å². The summed E-state index contributed by atoms with van der Waals surface area (Å²) in [5, 5.41) is 9.10. The Bertz CT molecular complexity index is 798. The van der Waals surface area contributed by atoms with Crippen LogP contribution in [0.4, 0.5) is 5.69 Å². The maximum atomic E-state index is 12.7. The molecule has 5 nitrogen and oxygen atoms in total. The summed E-state index contributed by atoms with van der Waals surface area (Å²) in [5.41, 5.74) is 4.61. The highest BCUT2D eigenvalue weighted by Crippen LogP contribution is 2.38. The number of hydrazone groups is 1. The predicted octanol–water partition coefficient (Wildman–Crippen LogP) is 3.29. The molecule has 2 aliphatic rings. The van der Waals surface area contributed by atoms with E-state index in [1.807, 2.05) is 30.3 Å². The zero-order chi connectivity index (χ0) is 16.5. The van der Waals surface area contributed by atoms with E-state index in [9.17, 15) is 4.79 Å². The molecule has 1 aliphatic carbocycles. The third kappa shape index (κ3) is 2.73. The highest BCUT2D eigenvalue weighted by atomic mass is 16.5. The topological polar surface area (TPSA) is 53.9 Å². The van der Waals surface area contributed by atoms with Crippen LogP contribution in [0.3, 0.4) is 0 Å². The van der Waals surface area contributed by atoms with Gasteiger partial charge in [-0.1, -0.05) is 36.4 Å². The molecule has 0 aromatic heterocycles. The molecule has 1 amide bonds. The summed E-state index contributed by atoms with van der Waals surface area (Å²) in [4.78, 5) is 12.7. The molecular formula is C19H19N3O2. The van der Waals surface area contributed by atoms with E-state index in [2.05, 4.69) is 29.5 Å². The lowest BCUT2D eigenvalue weighted by Gasteiger charge is -2.22. The number of rotatable bonds is 4. The number of hydrogen-bond donors (Lipinski definition) is 1. The molecule has 0 spiro atoms. The van der Waals surface area contributed by atoms with Gasteiger partial charge < -0.3 is 10.1 Å². The van der Waals surface area contributed by atoms with E-state index in [-0.39, 0.29) is 5.91 Å². The fourth-order valence-corrected chi connectivity index (χ4v) is 2.95. The Morgan fingerprint density at radius 3 is 2.67 bits per heavy atom. The second kappa shape index (κ2) is 6.00. The van der Waals surface area contributed by atoms with Gasteiger partial charge >= 0.3 is 0 Å². The number of carbonyl (C=O) groups excluding carboxylic acids is 1. The minimum Gasteiger partial charge on any atom is -0.459 e. The Kier molecular flexibility index (Phi) is 3.69. The van der Waals surface area contributed by atoms with Crippen LogP contribution in [0.1, 0.15) is 28.8 Å². The van der Waals surface area contributed by atoms with Crippen molar-refractivity contribution >= 4 is 18.0 Å². The molecule has 122 valence electrons. The Labute approximate surface area is 140 Å². The van der Waals surface area contributed by atoms with Gasteiger partial charge in [0.05, 0.1) is 11.3 Å². The normalized spacial score (nSPS) is 16.1. The number of hydrogen-bond acceptors (Lipinski definition) is 4. The Balaban J connectivity index is 1.87. The van der Waals surface area contributed by atoms with Crippen LogP contribution in [-0.4, -0.2) is 25.1 Å². The lowest BCUT2D eigenvalue weighted by atomic mass is 9.94. The molecule has 2 aromatic carbocycles. The first-order chi connectivity index (χ1) is 11.7. The lowest BCUT2D eigenvalue weighted by Crippen LogP contribution is -2.28. The molecule has 1 N–H and O–H groups in total. The second-order valence-corrected chi connectivity index (χ2v) is 6.18. The van der Waals surface area contributed by atoms with Crippen molar-refractivity contribution in [3.05, 3.63) is 53.6 Å². The van der Waals surface area contributed by atoms with Gasteiger partial charge in [-0.05, 0) is 37.0 Å². The summed E-state index contributed by atoms with van der Waals surface area (Å²) >= 11 is 0. The molecule has 24 heavy (non-hydrogen) atoms. The van der Waals surface area contributed by atoms with Gasteiger partial charge in [0.1, 0.15) is 0 Å². The summed E-state index contributed by atoms with van der Waals surface area (Å²) in [5.74, 6) is -0.0493. The van der Waals surface area contributed by atoms with E-state index in [0.717, 1.165) is 35.2 Å². The lowest BCUT2D eigenvalue weighted by molar-refractivity contribution is 0.0951. The molecule has 4 rings (SSSR count). The molecule has 0 bridgehead atoms. The van der Waals surface area contributed by atoms with Crippen LogP contribution in [0.25, 0.3) is 11.1 Å². The van der Waals surface area contributed by atoms with Crippen molar-refractivity contribution in [3.63, 3.8) is 0 Å². The maximum Gasteiger partial charge on any atom is 0.253 e. The Morgan fingerprint density at radius 1 is 1.21 bits per heavy atom. The molecule has 1 heterocycles. The van der Waals surface area contributed by atoms with Crippen molar-refractivity contribution < 1.29 is 9.53 Å². The van der Waals surface area contributed by atoms with Gasteiger partial charge in [-0.25, -0.2) is 5.01 Å². The van der Waals surface area contributed by atoms with Crippen molar-refractivity contribution in [2.24, 2.45) is 5.10 Å². The number of nitrogens with zero attached hydrogens (tertiary/aromatic N) is 2. The summed E-state index contributed by atoms with van der Waals surface area (Å²) in [6.07, 6.45) is 3.53. The second-order valence-electron chi connectivity index (χ2n) is 6.18. The summed E-state index contributed by atoms with van der Waals surface area (Å²) in [6.45, 7) is 2.36. The molecule has 0 unspecified atom stereocenters. The third-order valence-electron chi connectivity index (χ3n) is 4.32. The van der Waals surface area contributed by atoms with Gasteiger partial charge in [-0.15, -0.1) is 5.10 Å². The molecule has 1 saturated carbocycles. The predicted molar refractivity (Wildman–Crippen MR) is 94.0 cm³/mol. The molecule has 0 saturated heterocycles. The van der Waals surface area contributed by atoms with Crippen LogP contribution in [0.2, 0.25) is 0 Å². The van der Waals surface area contributed by atoms with Crippen LogP contribution in [0, 0.1) is 6.92 Å². The summed E-state index contributed by atoms with van der Waals surface area (Å²) in [7, 11) is 0. The Morgan fingerprint density at radius 2 is 2.00 bits per heavy atom. The molecule has 5 heteroatoms. The molecule has 2 aromatic rings. The van der Waals surface area contributed by atoms with E-state index in [1.165, 1.54) is 6.40 Å². The van der Waals surface area contributed by atoms with Crippen molar-refractivity contribution in [2.75, 3.05) is 11.7 Å². The van der Waals surface area contributed by atoms with E-state index >= 15 is 0 Å². The minimum atomic E-state index is -0.0493. The molecular weight excluding hydrogens is 302 g/mol. The van der Waals surface area contributed by atoms with Gasteiger partial charge in [-0.2, -0.15) is 0 Å². The third-order valence-corrected chi connectivity index (χ3v) is 4.32. The highest BCUT2D eigenvalue weighted by molar-refractivity contribution is 6.04. The summed E-state index contributed by atoms with van der Waals surface area (Å²) in [6, 6.07) is 14.3. The first-order valence-corrected chi connectivity index (χ1v) is 8.15. The van der Waals surface area contributed by atoms with Gasteiger partial charge in [-0.3, -0.25) is 4.79 Å². The van der Waals surface area contributed by atoms with Crippen molar-refractivity contribution in [3.8, 4) is 11.1 Å². The zero-order valence-corrected chi connectivity index (χ0v) is 13.5. The smallest absolute Gasteiger partial charge is 0.253 e. The fourth-order valence-electron chi connectivity index (χ4n) is 2.95. The number of carbonyl (C=O) groups is 1. The van der Waals surface area contributed by atoms with E-state index in [4.69, 9.17) is 4.74 Å². The quantitative estimate of drug-likeness (QED) is 0.940. The van der Waals surface area contributed by atoms with E-state index in [1.54, 1.807) is 5.01 Å². The van der Waals surface area contributed by atoms with Crippen LogP contribution >= 0.6 is 0 Å².